The SMILES string of the molecule is CC/C=C\C/C=C\C/C=C\CC(=O)OC(COC(=O)CCCC/C=C\C/C=C\CC)COC(=O)CCCCC/C=C\C=C/CCCC. The first kappa shape index (κ1) is 43.6. The van der Waals surface area contributed by atoms with Crippen LogP contribution in [-0.4, -0.2) is 37.2 Å². The molecule has 0 heterocycles. The minimum absolute atomic E-state index is 0.0900. The summed E-state index contributed by atoms with van der Waals surface area (Å²) in [6.45, 7) is 6.13. The lowest BCUT2D eigenvalue weighted by Gasteiger charge is -2.18. The van der Waals surface area contributed by atoms with Gasteiger partial charge < -0.3 is 14.2 Å². The monoisotopic (exact) mass is 652 g/mol. The van der Waals surface area contributed by atoms with Gasteiger partial charge in [-0.15, -0.1) is 0 Å². The topological polar surface area (TPSA) is 78.9 Å². The van der Waals surface area contributed by atoms with Gasteiger partial charge in [0.15, 0.2) is 6.10 Å². The number of allylic oxidation sites excluding steroid dienone is 13. The van der Waals surface area contributed by atoms with Crippen molar-refractivity contribution in [3.63, 3.8) is 0 Å². The average molecular weight is 653 g/mol. The van der Waals surface area contributed by atoms with Gasteiger partial charge in [-0.1, -0.05) is 125 Å². The minimum Gasteiger partial charge on any atom is -0.462 e. The molecule has 0 aliphatic heterocycles. The van der Waals surface area contributed by atoms with Gasteiger partial charge in [0.05, 0.1) is 6.42 Å². The Morgan fingerprint density at radius 2 is 0.957 bits per heavy atom. The number of rotatable bonds is 30. The Hall–Kier alpha value is -3.41. The predicted octanol–water partition coefficient (Wildman–Crippen LogP) is 11.0. The molecule has 1 unspecified atom stereocenters. The lowest BCUT2D eigenvalue weighted by atomic mass is 10.1. The molecule has 0 rings (SSSR count). The number of carbonyl (C=O) groups excluding carboxylic acids is 3. The highest BCUT2D eigenvalue weighted by molar-refractivity contribution is 5.72. The van der Waals surface area contributed by atoms with Gasteiger partial charge in [0, 0.05) is 12.8 Å². The molecule has 0 aromatic carbocycles. The van der Waals surface area contributed by atoms with Crippen LogP contribution in [0.25, 0.3) is 0 Å². The maximum Gasteiger partial charge on any atom is 0.310 e. The number of hydrogen-bond acceptors (Lipinski definition) is 6. The van der Waals surface area contributed by atoms with Crippen LogP contribution >= 0.6 is 0 Å². The molecule has 0 N–H and O–H groups in total. The van der Waals surface area contributed by atoms with Crippen LogP contribution in [0.2, 0.25) is 0 Å². The highest BCUT2D eigenvalue weighted by atomic mass is 16.6. The average Bonchev–Trinajstić information content (AvgIpc) is 3.06. The highest BCUT2D eigenvalue weighted by Gasteiger charge is 2.19. The summed E-state index contributed by atoms with van der Waals surface area (Å²) in [6, 6.07) is 0. The molecule has 0 aliphatic carbocycles. The van der Waals surface area contributed by atoms with E-state index in [2.05, 4.69) is 93.7 Å². The molecule has 0 bridgehead atoms. The predicted molar refractivity (Wildman–Crippen MR) is 196 cm³/mol. The normalized spacial score (nSPS) is 13.0. The third-order valence-electron chi connectivity index (χ3n) is 6.93. The summed E-state index contributed by atoms with van der Waals surface area (Å²) >= 11 is 0. The molecule has 47 heavy (non-hydrogen) atoms. The van der Waals surface area contributed by atoms with Crippen LogP contribution in [0.15, 0.2) is 85.1 Å². The van der Waals surface area contributed by atoms with Gasteiger partial charge >= 0.3 is 17.9 Å². The zero-order chi connectivity index (χ0) is 34.5. The van der Waals surface area contributed by atoms with Crippen molar-refractivity contribution < 1.29 is 28.6 Å². The Balaban J connectivity index is 4.59. The van der Waals surface area contributed by atoms with Crippen molar-refractivity contribution in [2.45, 2.75) is 142 Å². The van der Waals surface area contributed by atoms with Crippen molar-refractivity contribution in [1.29, 1.82) is 0 Å². The Morgan fingerprint density at radius 1 is 0.489 bits per heavy atom. The lowest BCUT2D eigenvalue weighted by molar-refractivity contribution is -0.166. The van der Waals surface area contributed by atoms with E-state index in [0.717, 1.165) is 77.0 Å². The van der Waals surface area contributed by atoms with E-state index in [9.17, 15) is 14.4 Å². The van der Waals surface area contributed by atoms with E-state index < -0.39 is 12.1 Å². The molecule has 6 heteroatoms. The van der Waals surface area contributed by atoms with Gasteiger partial charge in [0.2, 0.25) is 0 Å². The quantitative estimate of drug-likeness (QED) is 0.0253. The third kappa shape index (κ3) is 33.8. The summed E-state index contributed by atoms with van der Waals surface area (Å²) in [5, 5.41) is 0. The fraction of sp³-hybridized carbons (Fsp3) is 0.585. The second-order valence-electron chi connectivity index (χ2n) is 11.4. The molecule has 0 saturated heterocycles. The van der Waals surface area contributed by atoms with Crippen LogP contribution in [-0.2, 0) is 28.6 Å². The van der Waals surface area contributed by atoms with Crippen molar-refractivity contribution in [1.82, 2.24) is 0 Å². The first-order valence-corrected chi connectivity index (χ1v) is 18.1. The third-order valence-corrected chi connectivity index (χ3v) is 6.93. The summed E-state index contributed by atoms with van der Waals surface area (Å²) in [6.07, 6.45) is 43.3. The largest absolute Gasteiger partial charge is 0.462 e. The molecular weight excluding hydrogens is 588 g/mol. The van der Waals surface area contributed by atoms with Gasteiger partial charge in [-0.3, -0.25) is 14.4 Å². The molecule has 264 valence electrons. The standard InChI is InChI=1S/C41H64O6/c1-4-7-10-13-16-19-20-23-25-28-31-34-40(43)46-37-38(47-41(44)35-32-29-26-22-18-15-12-9-6-3)36-45-39(42)33-30-27-24-21-17-14-11-8-5-2/h8-9,11-13,16-22,29,32,38H,4-7,10,14-15,23-28,30-31,33-37H2,1-3H3/b11-8-,12-9-,16-13-,20-19-,21-17-,22-18-,32-29-. The van der Waals surface area contributed by atoms with Crippen molar-refractivity contribution in [2.24, 2.45) is 0 Å². The molecule has 6 nitrogen and oxygen atoms in total. The van der Waals surface area contributed by atoms with Crippen molar-refractivity contribution in [3.05, 3.63) is 85.1 Å². The number of unbranched alkanes of at least 4 members (excludes halogenated alkanes) is 7. The molecule has 0 spiro atoms. The number of hydrogen-bond donors (Lipinski definition) is 0. The minimum atomic E-state index is -0.844. The number of esters is 3. The van der Waals surface area contributed by atoms with Crippen molar-refractivity contribution in [3.8, 4) is 0 Å². The molecule has 0 aromatic heterocycles. The van der Waals surface area contributed by atoms with E-state index in [-0.39, 0.29) is 31.6 Å². The van der Waals surface area contributed by atoms with Gasteiger partial charge in [-0.05, 0) is 77.0 Å². The van der Waals surface area contributed by atoms with Crippen LogP contribution in [0.4, 0.5) is 0 Å². The summed E-state index contributed by atoms with van der Waals surface area (Å²) < 4.78 is 16.3. The van der Waals surface area contributed by atoms with E-state index in [1.165, 1.54) is 12.8 Å². The number of carbonyl (C=O) groups is 3. The van der Waals surface area contributed by atoms with Crippen LogP contribution in [0.5, 0.6) is 0 Å². The Labute approximate surface area is 286 Å². The van der Waals surface area contributed by atoms with Crippen molar-refractivity contribution >= 4 is 17.9 Å². The van der Waals surface area contributed by atoms with E-state index >= 15 is 0 Å². The summed E-state index contributed by atoms with van der Waals surface area (Å²) in [4.78, 5) is 37.2. The molecule has 0 fully saturated rings. The smallest absolute Gasteiger partial charge is 0.310 e. The van der Waals surface area contributed by atoms with E-state index in [4.69, 9.17) is 14.2 Å². The van der Waals surface area contributed by atoms with E-state index in [1.807, 2.05) is 6.08 Å². The molecule has 0 saturated carbocycles. The van der Waals surface area contributed by atoms with Gasteiger partial charge in [-0.2, -0.15) is 0 Å². The summed E-state index contributed by atoms with van der Waals surface area (Å²) in [5.74, 6) is -1.15. The highest BCUT2D eigenvalue weighted by Crippen LogP contribution is 2.08. The van der Waals surface area contributed by atoms with Crippen molar-refractivity contribution in [2.75, 3.05) is 13.2 Å². The molecule has 0 aromatic rings. The lowest BCUT2D eigenvalue weighted by Crippen LogP contribution is -2.30. The summed E-state index contributed by atoms with van der Waals surface area (Å²) in [7, 11) is 0. The number of ether oxygens (including phenoxy) is 3. The zero-order valence-corrected chi connectivity index (χ0v) is 29.8. The van der Waals surface area contributed by atoms with Gasteiger partial charge in [-0.25, -0.2) is 0 Å². The fourth-order valence-electron chi connectivity index (χ4n) is 4.22. The Morgan fingerprint density at radius 3 is 1.53 bits per heavy atom. The molecule has 0 radical (unpaired) electrons. The second kappa shape index (κ2) is 35.4. The zero-order valence-electron chi connectivity index (χ0n) is 29.8. The second-order valence-corrected chi connectivity index (χ2v) is 11.4. The Kier molecular flexibility index (Phi) is 32.9. The molecular formula is C41H64O6. The van der Waals surface area contributed by atoms with Gasteiger partial charge in [0.1, 0.15) is 13.2 Å². The fourth-order valence-corrected chi connectivity index (χ4v) is 4.22. The first-order valence-electron chi connectivity index (χ1n) is 18.1. The molecule has 1 atom stereocenters. The van der Waals surface area contributed by atoms with E-state index in [0.29, 0.717) is 19.3 Å². The van der Waals surface area contributed by atoms with E-state index in [1.54, 1.807) is 6.08 Å². The van der Waals surface area contributed by atoms with Crippen LogP contribution in [0, 0.1) is 0 Å². The van der Waals surface area contributed by atoms with Crippen LogP contribution in [0.3, 0.4) is 0 Å². The summed E-state index contributed by atoms with van der Waals surface area (Å²) in [5.41, 5.74) is 0. The van der Waals surface area contributed by atoms with Crippen LogP contribution < -0.4 is 0 Å². The molecule has 0 amide bonds. The van der Waals surface area contributed by atoms with Crippen LogP contribution in [0.1, 0.15) is 136 Å². The van der Waals surface area contributed by atoms with Gasteiger partial charge in [0.25, 0.3) is 0 Å². The maximum atomic E-state index is 12.5. The first-order chi connectivity index (χ1) is 23.0. The Bertz CT molecular complexity index is 982. The maximum absolute atomic E-state index is 12.5. The molecule has 0 aliphatic rings.